The summed E-state index contributed by atoms with van der Waals surface area (Å²) in [5, 5.41) is 14.1. The van der Waals surface area contributed by atoms with Crippen LogP contribution in [0.5, 0.6) is 0 Å². The third-order valence-corrected chi connectivity index (χ3v) is 17.1. The van der Waals surface area contributed by atoms with Crippen molar-refractivity contribution < 1.29 is 32.9 Å². The number of carbonyl (C=O) groups excluding carboxylic acids is 1. The van der Waals surface area contributed by atoms with Gasteiger partial charge in [-0.05, 0) is 103 Å². The van der Waals surface area contributed by atoms with Crippen molar-refractivity contribution in [3.05, 3.63) is 146 Å². The second-order valence-corrected chi connectivity index (χ2v) is 27.4. The molecule has 1 amide bonds. The largest absolute Gasteiger partial charge is 0.472 e. The fourth-order valence-corrected chi connectivity index (χ4v) is 11.1. The number of unbranched alkanes of at least 4 members (excludes halogenated alkanes) is 30. The van der Waals surface area contributed by atoms with E-state index < -0.39 is 20.0 Å². The molecule has 0 spiro atoms. The van der Waals surface area contributed by atoms with Crippen molar-refractivity contribution in [2.75, 3.05) is 40.9 Å². The molecule has 8 nitrogen and oxygen atoms in total. The van der Waals surface area contributed by atoms with Gasteiger partial charge >= 0.3 is 7.82 Å². The molecule has 0 aromatic rings. The van der Waals surface area contributed by atoms with Crippen molar-refractivity contribution in [3.8, 4) is 0 Å². The van der Waals surface area contributed by atoms with E-state index in [1.165, 1.54) is 167 Å². The number of nitrogens with zero attached hydrogens (tertiary/aromatic N) is 1. The summed E-state index contributed by atoms with van der Waals surface area (Å²) in [5.41, 5.74) is 0. The number of likely N-dealkylation sites (N-methyl/N-ethyl adjacent to an activating group) is 1. The number of phosphoric acid groups is 1. The van der Waals surface area contributed by atoms with Crippen LogP contribution in [0, 0.1) is 0 Å². The average molecular weight is 1270 g/mol. The molecule has 0 aromatic heterocycles. The van der Waals surface area contributed by atoms with Crippen molar-refractivity contribution in [2.45, 2.75) is 321 Å². The number of aliphatic hydroxyl groups excluding tert-OH is 1. The van der Waals surface area contributed by atoms with Crippen LogP contribution < -0.4 is 5.32 Å². The summed E-state index contributed by atoms with van der Waals surface area (Å²) >= 11 is 0. The molecule has 0 heterocycles. The lowest BCUT2D eigenvalue weighted by molar-refractivity contribution is -0.870. The van der Waals surface area contributed by atoms with Crippen LogP contribution in [-0.2, 0) is 18.4 Å². The molecule has 3 N–H and O–H groups in total. The van der Waals surface area contributed by atoms with Gasteiger partial charge in [-0.15, -0.1) is 0 Å². The first-order valence-electron chi connectivity index (χ1n) is 37.2. The van der Waals surface area contributed by atoms with Gasteiger partial charge in [-0.1, -0.05) is 346 Å². The summed E-state index contributed by atoms with van der Waals surface area (Å²) in [5.74, 6) is -0.188. The predicted molar refractivity (Wildman–Crippen MR) is 396 cm³/mol. The van der Waals surface area contributed by atoms with E-state index in [1.54, 1.807) is 0 Å². The maximum atomic E-state index is 13.1. The van der Waals surface area contributed by atoms with E-state index in [-0.39, 0.29) is 19.1 Å². The number of aliphatic hydroxyl groups is 1. The minimum absolute atomic E-state index is 0.0589. The van der Waals surface area contributed by atoms with Crippen LogP contribution in [0.25, 0.3) is 0 Å². The molecule has 0 bridgehead atoms. The zero-order valence-electron chi connectivity index (χ0n) is 59.1. The van der Waals surface area contributed by atoms with Crippen LogP contribution >= 0.6 is 7.82 Å². The molecule has 9 heteroatoms. The van der Waals surface area contributed by atoms with Crippen molar-refractivity contribution in [3.63, 3.8) is 0 Å². The Morgan fingerprint density at radius 1 is 0.389 bits per heavy atom. The van der Waals surface area contributed by atoms with Gasteiger partial charge in [0.15, 0.2) is 0 Å². The normalized spacial score (nSPS) is 14.4. The number of amides is 1. The quantitative estimate of drug-likeness (QED) is 0.0243. The van der Waals surface area contributed by atoms with Gasteiger partial charge in [0, 0.05) is 6.42 Å². The van der Waals surface area contributed by atoms with E-state index in [0.717, 1.165) is 109 Å². The van der Waals surface area contributed by atoms with E-state index in [9.17, 15) is 19.4 Å². The van der Waals surface area contributed by atoms with Crippen LogP contribution in [0.1, 0.15) is 309 Å². The fraction of sp³-hybridized carbons (Fsp3) is 0.691. The molecule has 90 heavy (non-hydrogen) atoms. The molecule has 516 valence electrons. The Balaban J connectivity index is 4.17. The SMILES string of the molecule is CC/C=C\C/C=C\C/C=C\C/C=C\C/C=C\C/C=C\C/C=C\C/C=C\C/C=C\C/C=C\C/C=C\C/C=C\CCCCC(=O)NC(COP(=O)(O)OCC[N+](C)(C)C)C(O)CCCCCCCCCCCCCCCCCCCCCCCCCCCCCCC. The van der Waals surface area contributed by atoms with Gasteiger partial charge in [0.05, 0.1) is 39.9 Å². The molecule has 3 unspecified atom stereocenters. The summed E-state index contributed by atoms with van der Waals surface area (Å²) in [6.07, 6.45) is 107. The first-order chi connectivity index (χ1) is 44.0. The average Bonchev–Trinajstić information content (AvgIpc) is 3.72. The maximum absolute atomic E-state index is 13.1. The summed E-state index contributed by atoms with van der Waals surface area (Å²) in [7, 11) is 1.57. The number of hydrogen-bond donors (Lipinski definition) is 3. The highest BCUT2D eigenvalue weighted by Crippen LogP contribution is 2.43. The Morgan fingerprint density at radius 3 is 0.956 bits per heavy atom. The molecular formula is C81H142N2O6P+. The third-order valence-electron chi connectivity index (χ3n) is 16.1. The Hall–Kier alpha value is -3.62. The number of hydrogen-bond acceptors (Lipinski definition) is 5. The molecule has 0 radical (unpaired) electrons. The lowest BCUT2D eigenvalue weighted by Gasteiger charge is -2.26. The van der Waals surface area contributed by atoms with Crippen LogP contribution in [0.15, 0.2) is 146 Å². The smallest absolute Gasteiger partial charge is 0.391 e. The van der Waals surface area contributed by atoms with Crippen LogP contribution in [0.3, 0.4) is 0 Å². The van der Waals surface area contributed by atoms with Crippen molar-refractivity contribution in [1.82, 2.24) is 5.32 Å². The topological polar surface area (TPSA) is 105 Å². The van der Waals surface area contributed by atoms with Gasteiger partial charge in [0.1, 0.15) is 13.2 Å². The van der Waals surface area contributed by atoms with E-state index in [0.29, 0.717) is 30.3 Å². The summed E-state index contributed by atoms with van der Waals surface area (Å²) in [6, 6.07) is -0.797. The number of rotatable bonds is 67. The summed E-state index contributed by atoms with van der Waals surface area (Å²) in [6.45, 7) is 4.76. The van der Waals surface area contributed by atoms with E-state index >= 15 is 0 Å². The van der Waals surface area contributed by atoms with Crippen molar-refractivity contribution in [1.29, 1.82) is 0 Å². The first-order valence-corrected chi connectivity index (χ1v) is 38.7. The number of nitrogens with one attached hydrogen (secondary N) is 1. The monoisotopic (exact) mass is 1270 g/mol. The van der Waals surface area contributed by atoms with Gasteiger partial charge in [-0.2, -0.15) is 0 Å². The Morgan fingerprint density at radius 2 is 0.667 bits per heavy atom. The Bertz CT molecular complexity index is 1980. The van der Waals surface area contributed by atoms with Gasteiger partial charge in [0.2, 0.25) is 5.91 Å². The molecule has 0 aliphatic heterocycles. The second-order valence-electron chi connectivity index (χ2n) is 25.9. The minimum atomic E-state index is -4.36. The molecule has 0 rings (SSSR count). The molecule has 0 aliphatic rings. The van der Waals surface area contributed by atoms with Crippen molar-refractivity contribution >= 4 is 13.7 Å². The second kappa shape index (κ2) is 69.7. The van der Waals surface area contributed by atoms with Gasteiger partial charge in [0.25, 0.3) is 0 Å². The third kappa shape index (κ3) is 71.8. The Kier molecular flexibility index (Phi) is 66.9. The highest BCUT2D eigenvalue weighted by atomic mass is 31.2. The standard InChI is InChI=1S/C81H141N2O6P/c1-6-8-10-12-14-16-18-20-22-24-26-28-30-32-34-36-37-38-39-40-41-42-43-44-45-47-49-51-53-55-57-59-61-63-65-67-69-71-73-75-81(85)82-79(78-89-90(86,87)88-77-76-83(3,4)5)80(84)74-72-70-68-66-64-62-60-58-56-54-52-50-48-46-35-33-31-29-27-25-23-21-19-17-15-13-11-9-7-2/h8,10,14,16,20,22,26,28,32,34,37-38,40-41,43-44,47,49,53,55,59,61,65,67,79-80,84H,6-7,9,11-13,15,17-19,21,23-25,27,29-31,33,35-36,39,42,45-46,48,50-52,54,56-58,60,62-64,66,68-78H2,1-5H3,(H-,82,85,86,87)/p+1/b10-8-,16-14-,22-20-,28-26-,34-32-,38-37-,41-40-,44-43-,49-47-,55-53-,61-59-,67-65-. The van der Waals surface area contributed by atoms with E-state index in [2.05, 4.69) is 165 Å². The number of carbonyl (C=O) groups is 1. The first kappa shape index (κ1) is 86.4. The zero-order chi connectivity index (χ0) is 65.5. The van der Waals surface area contributed by atoms with E-state index in [1.807, 2.05) is 21.1 Å². The molecule has 0 saturated carbocycles. The molecule has 0 aliphatic carbocycles. The maximum Gasteiger partial charge on any atom is 0.472 e. The Labute approximate surface area is 557 Å². The molecule has 0 saturated heterocycles. The van der Waals surface area contributed by atoms with Crippen LogP contribution in [0.2, 0.25) is 0 Å². The predicted octanol–water partition coefficient (Wildman–Crippen LogP) is 24.3. The molecular weight excluding hydrogens is 1130 g/mol. The number of allylic oxidation sites excluding steroid dienone is 24. The van der Waals surface area contributed by atoms with Gasteiger partial charge in [-0.25, -0.2) is 4.57 Å². The lowest BCUT2D eigenvalue weighted by atomic mass is 10.0. The van der Waals surface area contributed by atoms with Crippen LogP contribution in [0.4, 0.5) is 0 Å². The fourth-order valence-electron chi connectivity index (χ4n) is 10.4. The molecule has 0 aromatic carbocycles. The van der Waals surface area contributed by atoms with E-state index in [4.69, 9.17) is 9.05 Å². The minimum Gasteiger partial charge on any atom is -0.391 e. The zero-order valence-corrected chi connectivity index (χ0v) is 60.0. The summed E-state index contributed by atoms with van der Waals surface area (Å²) in [4.78, 5) is 23.5. The number of quaternary nitrogens is 1. The van der Waals surface area contributed by atoms with Crippen molar-refractivity contribution in [2.24, 2.45) is 0 Å². The molecule has 0 fully saturated rings. The number of phosphoric ester groups is 1. The highest BCUT2D eigenvalue weighted by Gasteiger charge is 2.28. The molecule has 3 atom stereocenters. The van der Waals surface area contributed by atoms with Gasteiger partial charge in [-0.3, -0.25) is 13.8 Å². The highest BCUT2D eigenvalue weighted by molar-refractivity contribution is 7.47. The lowest BCUT2D eigenvalue weighted by Crippen LogP contribution is -2.46. The van der Waals surface area contributed by atoms with Gasteiger partial charge < -0.3 is 19.8 Å². The summed E-state index contributed by atoms with van der Waals surface area (Å²) < 4.78 is 23.9. The van der Waals surface area contributed by atoms with Crippen LogP contribution in [-0.4, -0.2) is 73.4 Å².